The van der Waals surface area contributed by atoms with Crippen molar-refractivity contribution in [2.24, 2.45) is 11.3 Å². The maximum atomic E-state index is 15.0. The van der Waals surface area contributed by atoms with Crippen LogP contribution in [0.3, 0.4) is 0 Å². The second-order valence-corrected chi connectivity index (χ2v) is 9.95. The van der Waals surface area contributed by atoms with E-state index < -0.39 is 5.41 Å². The van der Waals surface area contributed by atoms with Crippen LogP contribution < -0.4 is 10.2 Å². The number of halogens is 1. The van der Waals surface area contributed by atoms with Gasteiger partial charge in [-0.15, -0.1) is 0 Å². The van der Waals surface area contributed by atoms with Gasteiger partial charge in [-0.25, -0.2) is 4.39 Å². The Balaban J connectivity index is 1.28. The van der Waals surface area contributed by atoms with E-state index in [9.17, 15) is 19.1 Å². The lowest BCUT2D eigenvalue weighted by Gasteiger charge is -2.41. The van der Waals surface area contributed by atoms with Crippen molar-refractivity contribution < 1.29 is 19.1 Å². The molecule has 7 heteroatoms. The van der Waals surface area contributed by atoms with E-state index in [0.717, 1.165) is 70.9 Å². The summed E-state index contributed by atoms with van der Waals surface area (Å²) in [5, 5.41) is 12.6. The van der Waals surface area contributed by atoms with Gasteiger partial charge in [0.1, 0.15) is 5.82 Å². The number of benzene rings is 1. The first-order chi connectivity index (χ1) is 14.9. The quantitative estimate of drug-likeness (QED) is 0.770. The Labute approximate surface area is 182 Å². The average molecular weight is 430 g/mol. The summed E-state index contributed by atoms with van der Waals surface area (Å²) in [4.78, 5) is 29.5. The number of carbonyl (C=O) groups is 2. The summed E-state index contributed by atoms with van der Waals surface area (Å²) < 4.78 is 15.0. The molecule has 1 spiro atoms. The fourth-order valence-electron chi connectivity index (χ4n) is 5.71. The monoisotopic (exact) mass is 429 g/mol. The number of piperidine rings is 1. The minimum Gasteiger partial charge on any atom is -0.393 e. The SMILES string of the molecule is O=C(Nc1ccc(N2CCC[C@]3(CCN([C@H]4CC[C@H](O)CC4)C3=O)C2)c(F)c1)C1CC1. The molecule has 31 heavy (non-hydrogen) atoms. The number of hydrogen-bond acceptors (Lipinski definition) is 4. The number of anilines is 2. The van der Waals surface area contributed by atoms with E-state index in [4.69, 9.17) is 0 Å². The Bertz CT molecular complexity index is 866. The zero-order valence-electron chi connectivity index (χ0n) is 18.0. The maximum absolute atomic E-state index is 15.0. The van der Waals surface area contributed by atoms with Crippen molar-refractivity contribution in [2.75, 3.05) is 29.9 Å². The van der Waals surface area contributed by atoms with Gasteiger partial charge in [-0.2, -0.15) is 0 Å². The summed E-state index contributed by atoms with van der Waals surface area (Å²) in [6.45, 7) is 2.04. The predicted molar refractivity (Wildman–Crippen MR) is 116 cm³/mol. The van der Waals surface area contributed by atoms with E-state index in [2.05, 4.69) is 5.32 Å². The van der Waals surface area contributed by atoms with Gasteiger partial charge in [-0.05, 0) is 76.0 Å². The molecule has 2 heterocycles. The third-order valence-corrected chi connectivity index (χ3v) is 7.73. The lowest BCUT2D eigenvalue weighted by molar-refractivity contribution is -0.139. The fourth-order valence-corrected chi connectivity index (χ4v) is 5.71. The van der Waals surface area contributed by atoms with Crippen molar-refractivity contribution in [1.29, 1.82) is 0 Å². The number of nitrogens with one attached hydrogen (secondary N) is 1. The number of carbonyl (C=O) groups excluding carboxylic acids is 2. The summed E-state index contributed by atoms with van der Waals surface area (Å²) in [7, 11) is 0. The molecule has 0 radical (unpaired) electrons. The van der Waals surface area contributed by atoms with Crippen molar-refractivity contribution in [3.63, 3.8) is 0 Å². The van der Waals surface area contributed by atoms with E-state index in [-0.39, 0.29) is 35.7 Å². The van der Waals surface area contributed by atoms with Crippen LogP contribution in [0.1, 0.15) is 57.8 Å². The summed E-state index contributed by atoms with van der Waals surface area (Å²) >= 11 is 0. The van der Waals surface area contributed by atoms with Crippen LogP contribution in [0.15, 0.2) is 18.2 Å². The zero-order valence-corrected chi connectivity index (χ0v) is 18.0. The second-order valence-electron chi connectivity index (χ2n) is 9.95. The molecule has 168 valence electrons. The summed E-state index contributed by atoms with van der Waals surface area (Å²) in [5.41, 5.74) is 0.572. The van der Waals surface area contributed by atoms with E-state index >= 15 is 0 Å². The first-order valence-electron chi connectivity index (χ1n) is 11.8. The van der Waals surface area contributed by atoms with Crippen LogP contribution in [-0.4, -0.2) is 53.6 Å². The first-order valence-corrected chi connectivity index (χ1v) is 11.8. The number of aliphatic hydroxyl groups excluding tert-OH is 1. The highest BCUT2D eigenvalue weighted by atomic mass is 19.1. The molecule has 2 N–H and O–H groups in total. The molecule has 4 fully saturated rings. The van der Waals surface area contributed by atoms with Crippen LogP contribution in [0.4, 0.5) is 15.8 Å². The fraction of sp³-hybridized carbons (Fsp3) is 0.667. The van der Waals surface area contributed by atoms with Gasteiger partial charge in [0, 0.05) is 37.3 Å². The molecule has 2 saturated carbocycles. The molecule has 1 atom stereocenters. The standard InChI is InChI=1S/C24H32FN3O3/c25-20-14-17(26-22(30)16-2-3-16)4-9-21(20)27-12-1-10-24(15-27)11-13-28(23(24)31)18-5-7-19(29)8-6-18/h4,9,14,16,18-19,29H,1-3,5-8,10-13,15H2,(H,26,30)/t18-,19-,24-/m0/s1. The second kappa shape index (κ2) is 8.08. The molecule has 2 saturated heterocycles. The van der Waals surface area contributed by atoms with E-state index in [1.165, 1.54) is 6.07 Å². The first kappa shape index (κ1) is 20.7. The van der Waals surface area contributed by atoms with Crippen molar-refractivity contribution in [1.82, 2.24) is 4.90 Å². The maximum Gasteiger partial charge on any atom is 0.230 e. The van der Waals surface area contributed by atoms with Gasteiger partial charge in [0.05, 0.1) is 17.2 Å². The van der Waals surface area contributed by atoms with Crippen LogP contribution in [0.2, 0.25) is 0 Å². The summed E-state index contributed by atoms with van der Waals surface area (Å²) in [6, 6.07) is 5.12. The zero-order chi connectivity index (χ0) is 21.6. The van der Waals surface area contributed by atoms with Crippen LogP contribution in [0.25, 0.3) is 0 Å². The van der Waals surface area contributed by atoms with Crippen molar-refractivity contribution in [2.45, 2.75) is 69.9 Å². The molecule has 0 unspecified atom stereocenters. The molecule has 0 aromatic heterocycles. The lowest BCUT2D eigenvalue weighted by Crippen LogP contribution is -2.50. The number of amides is 2. The number of nitrogens with zero attached hydrogens (tertiary/aromatic N) is 2. The molecule has 0 bridgehead atoms. The smallest absolute Gasteiger partial charge is 0.230 e. The van der Waals surface area contributed by atoms with E-state index in [1.807, 2.05) is 9.80 Å². The van der Waals surface area contributed by atoms with Gasteiger partial charge >= 0.3 is 0 Å². The Hall–Kier alpha value is -2.15. The minimum absolute atomic E-state index is 0.0315. The van der Waals surface area contributed by atoms with Crippen molar-refractivity contribution >= 4 is 23.2 Å². The van der Waals surface area contributed by atoms with Crippen molar-refractivity contribution in [3.8, 4) is 0 Å². The van der Waals surface area contributed by atoms with Crippen LogP contribution in [0, 0.1) is 17.2 Å². The van der Waals surface area contributed by atoms with Gasteiger partial charge < -0.3 is 20.2 Å². The van der Waals surface area contributed by atoms with Gasteiger partial charge in [0.2, 0.25) is 11.8 Å². The van der Waals surface area contributed by atoms with Crippen molar-refractivity contribution in [3.05, 3.63) is 24.0 Å². The Kier molecular flexibility index (Phi) is 5.40. The molecular weight excluding hydrogens is 397 g/mol. The van der Waals surface area contributed by atoms with Crippen LogP contribution >= 0.6 is 0 Å². The van der Waals surface area contributed by atoms with Gasteiger partial charge in [-0.3, -0.25) is 9.59 Å². The average Bonchev–Trinajstić information content (AvgIpc) is 3.56. The van der Waals surface area contributed by atoms with E-state index in [1.54, 1.807) is 12.1 Å². The summed E-state index contributed by atoms with van der Waals surface area (Å²) in [5.74, 6) is -0.0917. The number of aliphatic hydroxyl groups is 1. The largest absolute Gasteiger partial charge is 0.393 e. The molecule has 2 amide bonds. The Morgan fingerprint density at radius 1 is 1.10 bits per heavy atom. The number of rotatable bonds is 4. The topological polar surface area (TPSA) is 72.9 Å². The molecule has 4 aliphatic rings. The summed E-state index contributed by atoms with van der Waals surface area (Å²) in [6.07, 6.45) is 7.40. The lowest BCUT2D eigenvalue weighted by atomic mass is 9.78. The van der Waals surface area contributed by atoms with Gasteiger partial charge in [0.15, 0.2) is 0 Å². The molecule has 1 aromatic rings. The molecule has 2 aliphatic carbocycles. The third kappa shape index (κ3) is 4.04. The number of likely N-dealkylation sites (tertiary alicyclic amines) is 1. The number of hydrogen-bond donors (Lipinski definition) is 2. The third-order valence-electron chi connectivity index (χ3n) is 7.73. The molecule has 6 nitrogen and oxygen atoms in total. The highest BCUT2D eigenvalue weighted by Gasteiger charge is 2.50. The normalized spacial score (nSPS) is 31.4. The highest BCUT2D eigenvalue weighted by molar-refractivity contribution is 5.94. The van der Waals surface area contributed by atoms with E-state index in [0.29, 0.717) is 17.9 Å². The van der Waals surface area contributed by atoms with Gasteiger partial charge in [-0.1, -0.05) is 0 Å². The molecular formula is C24H32FN3O3. The van der Waals surface area contributed by atoms with Crippen LogP contribution in [0.5, 0.6) is 0 Å². The molecule has 5 rings (SSSR count). The minimum atomic E-state index is -0.431. The van der Waals surface area contributed by atoms with Crippen LogP contribution in [-0.2, 0) is 9.59 Å². The predicted octanol–water partition coefficient (Wildman–Crippen LogP) is 3.30. The Morgan fingerprint density at radius 2 is 1.87 bits per heavy atom. The molecule has 2 aliphatic heterocycles. The van der Waals surface area contributed by atoms with Gasteiger partial charge in [0.25, 0.3) is 0 Å². The Morgan fingerprint density at radius 3 is 2.58 bits per heavy atom. The molecule has 1 aromatic carbocycles. The highest BCUT2D eigenvalue weighted by Crippen LogP contribution is 2.44.